The van der Waals surface area contributed by atoms with Crippen LogP contribution in [0.25, 0.3) is 6.08 Å². The minimum atomic E-state index is -3.59. The molecule has 182 valence electrons. The van der Waals surface area contributed by atoms with E-state index in [4.69, 9.17) is 9.47 Å². The maximum absolute atomic E-state index is 12.4. The summed E-state index contributed by atoms with van der Waals surface area (Å²) in [5, 5.41) is 11.4. The first-order valence-electron chi connectivity index (χ1n) is 10.6. The number of aryl methyl sites for hydroxylation is 2. The lowest BCUT2D eigenvalue weighted by Gasteiger charge is -2.10. The molecule has 0 spiro atoms. The Morgan fingerprint density at radius 2 is 1.83 bits per heavy atom. The van der Waals surface area contributed by atoms with Crippen LogP contribution in [0.2, 0.25) is 0 Å². The smallest absolute Gasteiger partial charge is 0.268 e. The van der Waals surface area contributed by atoms with Crippen molar-refractivity contribution in [1.82, 2.24) is 9.36 Å². The number of ether oxygens (including phenoxy) is 2. The molecule has 0 unspecified atom stereocenters. The Bertz CT molecular complexity index is 1370. The summed E-state index contributed by atoms with van der Waals surface area (Å²) in [6.45, 7) is 4.87. The van der Waals surface area contributed by atoms with Gasteiger partial charge in [-0.05, 0) is 60.4 Å². The highest BCUT2D eigenvalue weighted by Crippen LogP contribution is 2.19. The van der Waals surface area contributed by atoms with Gasteiger partial charge in [0.15, 0.2) is 0 Å². The number of aromatic nitrogens is 2. The van der Waals surface area contributed by atoms with Gasteiger partial charge in [-0.1, -0.05) is 25.1 Å². The third kappa shape index (κ3) is 7.63. The second-order valence-corrected chi connectivity index (χ2v) is 10.2. The largest absolute Gasteiger partial charge is 0.490 e. The van der Waals surface area contributed by atoms with Crippen molar-refractivity contribution in [3.63, 3.8) is 0 Å². The monoisotopic (exact) mass is 512 g/mol. The predicted octanol–water partition coefficient (Wildman–Crippen LogP) is 3.82. The van der Waals surface area contributed by atoms with Crippen molar-refractivity contribution >= 4 is 38.5 Å². The molecule has 1 aromatic heterocycles. The van der Waals surface area contributed by atoms with E-state index in [9.17, 15) is 18.5 Å². The Hall–Kier alpha value is -3.75. The first-order chi connectivity index (χ1) is 16.7. The van der Waals surface area contributed by atoms with Crippen LogP contribution in [0.3, 0.4) is 0 Å². The molecule has 2 aromatic carbocycles. The summed E-state index contributed by atoms with van der Waals surface area (Å²) in [6.07, 6.45) is 3.31. The van der Waals surface area contributed by atoms with E-state index in [1.807, 2.05) is 25.1 Å². The van der Waals surface area contributed by atoms with Gasteiger partial charge >= 0.3 is 0 Å². The quantitative estimate of drug-likeness (QED) is 0.246. The predicted molar refractivity (Wildman–Crippen MR) is 133 cm³/mol. The van der Waals surface area contributed by atoms with Gasteiger partial charge in [0.2, 0.25) is 15.0 Å². The van der Waals surface area contributed by atoms with Gasteiger partial charge in [-0.2, -0.15) is 14.6 Å². The fourth-order valence-electron chi connectivity index (χ4n) is 2.98. The fourth-order valence-corrected chi connectivity index (χ4v) is 4.42. The summed E-state index contributed by atoms with van der Waals surface area (Å²) >= 11 is 0.716. The van der Waals surface area contributed by atoms with Crippen LogP contribution >= 0.6 is 11.5 Å². The van der Waals surface area contributed by atoms with Crippen molar-refractivity contribution < 1.29 is 22.7 Å². The van der Waals surface area contributed by atoms with E-state index in [1.165, 1.54) is 11.6 Å². The molecule has 0 saturated carbocycles. The van der Waals surface area contributed by atoms with Crippen LogP contribution in [0.5, 0.6) is 11.5 Å². The van der Waals surface area contributed by atoms with Gasteiger partial charge in [-0.15, -0.1) is 0 Å². The molecule has 1 N–H and O–H groups in total. The van der Waals surface area contributed by atoms with E-state index in [0.717, 1.165) is 24.0 Å². The van der Waals surface area contributed by atoms with E-state index >= 15 is 0 Å². The lowest BCUT2D eigenvalue weighted by molar-refractivity contribution is -0.112. The van der Waals surface area contributed by atoms with Crippen LogP contribution in [-0.4, -0.2) is 43.2 Å². The van der Waals surface area contributed by atoms with Crippen LogP contribution in [0, 0.1) is 18.3 Å². The van der Waals surface area contributed by atoms with Gasteiger partial charge < -0.3 is 9.47 Å². The second-order valence-electron chi connectivity index (χ2n) is 7.55. The Morgan fingerprint density at radius 1 is 1.14 bits per heavy atom. The summed E-state index contributed by atoms with van der Waals surface area (Å²) < 4.78 is 38.1. The molecule has 35 heavy (non-hydrogen) atoms. The molecule has 0 aliphatic carbocycles. The minimum absolute atomic E-state index is 0.0147. The average Bonchev–Trinajstić information content (AvgIpc) is 3.30. The summed E-state index contributed by atoms with van der Waals surface area (Å²) in [5.74, 6) is 0.715. The van der Waals surface area contributed by atoms with Crippen LogP contribution in [0.4, 0.5) is 5.13 Å². The Labute approximate surface area is 208 Å². The van der Waals surface area contributed by atoms with Gasteiger partial charge in [0.05, 0.1) is 0 Å². The van der Waals surface area contributed by atoms with Gasteiger partial charge in [-0.3, -0.25) is 10.1 Å². The molecule has 0 fully saturated rings. The second kappa shape index (κ2) is 11.6. The van der Waals surface area contributed by atoms with Crippen LogP contribution in [0.1, 0.15) is 23.6 Å². The van der Waals surface area contributed by atoms with E-state index < -0.39 is 15.7 Å². The number of nitrogens with one attached hydrogen (secondary N) is 1. The Morgan fingerprint density at radius 3 is 2.43 bits per heavy atom. The number of benzene rings is 2. The Kier molecular flexibility index (Phi) is 8.57. The summed E-state index contributed by atoms with van der Waals surface area (Å²) in [5.41, 5.74) is 2.81. The zero-order chi connectivity index (χ0) is 25.4. The highest BCUT2D eigenvalue weighted by molar-refractivity contribution is 7.90. The number of nitriles is 1. The van der Waals surface area contributed by atoms with Gasteiger partial charge in [0.1, 0.15) is 36.4 Å². The third-order valence-electron chi connectivity index (χ3n) is 4.66. The molecule has 3 rings (SSSR count). The molecule has 3 aromatic rings. The molecule has 11 heteroatoms. The topological polar surface area (TPSA) is 131 Å². The maximum Gasteiger partial charge on any atom is 0.268 e. The Balaban J connectivity index is 1.54. The number of hydrogen-bond acceptors (Lipinski definition) is 9. The molecular weight excluding hydrogens is 488 g/mol. The number of anilines is 1. The van der Waals surface area contributed by atoms with Gasteiger partial charge in [-0.25, -0.2) is 8.42 Å². The van der Waals surface area contributed by atoms with Crippen molar-refractivity contribution in [3.8, 4) is 17.6 Å². The van der Waals surface area contributed by atoms with Crippen molar-refractivity contribution in [2.24, 2.45) is 0 Å². The summed E-state index contributed by atoms with van der Waals surface area (Å²) in [4.78, 5) is 16.1. The normalized spacial score (nSPS) is 11.5. The fraction of sp³-hybridized carbons (Fsp3) is 0.250. The molecule has 0 bridgehead atoms. The van der Waals surface area contributed by atoms with E-state index in [0.29, 0.717) is 36.1 Å². The van der Waals surface area contributed by atoms with Crippen LogP contribution < -0.4 is 14.8 Å². The maximum atomic E-state index is 12.4. The molecule has 1 heterocycles. The summed E-state index contributed by atoms with van der Waals surface area (Å²) in [6, 6.07) is 14.8. The molecule has 0 saturated heterocycles. The van der Waals surface area contributed by atoms with E-state index in [1.54, 1.807) is 24.3 Å². The first kappa shape index (κ1) is 25.9. The minimum Gasteiger partial charge on any atom is -0.490 e. The SMILES string of the molecule is CCc1cc(C)cc(OCCOc2ccc(C=C(C#N)C(=O)Nc3nc(S(C)(=O)=O)ns3)cc2)c1. The number of carbonyl (C=O) groups is 1. The van der Waals surface area contributed by atoms with Crippen LogP contribution in [0.15, 0.2) is 53.2 Å². The zero-order valence-electron chi connectivity index (χ0n) is 19.4. The van der Waals surface area contributed by atoms with Crippen LogP contribution in [-0.2, 0) is 21.1 Å². The highest BCUT2D eigenvalue weighted by atomic mass is 32.2. The van der Waals surface area contributed by atoms with Crippen molar-refractivity contribution in [2.45, 2.75) is 25.4 Å². The molecule has 1 amide bonds. The number of sulfone groups is 1. The number of hydrogen-bond donors (Lipinski definition) is 1. The van der Waals surface area contributed by atoms with Crippen molar-refractivity contribution in [1.29, 1.82) is 5.26 Å². The zero-order valence-corrected chi connectivity index (χ0v) is 21.1. The third-order valence-corrected chi connectivity index (χ3v) is 6.25. The molecule has 0 atom stereocenters. The molecule has 0 aliphatic heterocycles. The first-order valence-corrected chi connectivity index (χ1v) is 13.3. The molecule has 9 nitrogen and oxygen atoms in total. The highest BCUT2D eigenvalue weighted by Gasteiger charge is 2.17. The molecular formula is C24H24N4O5S2. The van der Waals surface area contributed by atoms with Crippen molar-refractivity contribution in [2.75, 3.05) is 24.8 Å². The molecule has 0 radical (unpaired) electrons. The lowest BCUT2D eigenvalue weighted by atomic mass is 10.1. The average molecular weight is 513 g/mol. The molecule has 0 aliphatic rings. The number of rotatable bonds is 10. The van der Waals surface area contributed by atoms with Crippen molar-refractivity contribution in [3.05, 3.63) is 64.7 Å². The number of nitrogens with zero attached hydrogens (tertiary/aromatic N) is 3. The number of carbonyl (C=O) groups excluding carboxylic acids is 1. The van der Waals surface area contributed by atoms with Gasteiger partial charge in [0.25, 0.3) is 11.1 Å². The van der Waals surface area contributed by atoms with Gasteiger partial charge in [0, 0.05) is 17.8 Å². The lowest BCUT2D eigenvalue weighted by Crippen LogP contribution is -2.13. The standard InChI is InChI=1S/C24H24N4O5S2/c1-4-17-11-16(2)12-21(14-17)33-10-9-32-20-7-5-18(6-8-20)13-19(15-25)22(29)26-23-27-24(28-34-23)35(3,30)31/h5-8,11-14H,4,9-10H2,1-3H3,(H,26,27,28,29). The number of amides is 1. The van der Waals surface area contributed by atoms with E-state index in [2.05, 4.69) is 27.7 Å². The summed E-state index contributed by atoms with van der Waals surface area (Å²) in [7, 11) is -3.59. The van der Waals surface area contributed by atoms with E-state index in [-0.39, 0.29) is 15.9 Å².